The summed E-state index contributed by atoms with van der Waals surface area (Å²) in [7, 11) is 0. The summed E-state index contributed by atoms with van der Waals surface area (Å²) in [6, 6.07) is 5.56. The van der Waals surface area contributed by atoms with E-state index in [9.17, 15) is 14.0 Å². The molecule has 2 fully saturated rings. The van der Waals surface area contributed by atoms with Crippen LogP contribution in [0.2, 0.25) is 5.02 Å². The monoisotopic (exact) mass is 375 g/mol. The minimum atomic E-state index is -1.05. The summed E-state index contributed by atoms with van der Waals surface area (Å²) in [5.74, 6) is -0.477. The lowest BCUT2D eigenvalue weighted by Gasteiger charge is -2.24. The van der Waals surface area contributed by atoms with Gasteiger partial charge >= 0.3 is 0 Å². The first kappa shape index (κ1) is 17.2. The highest BCUT2D eigenvalue weighted by atomic mass is 35.5. The van der Waals surface area contributed by atoms with E-state index in [1.54, 1.807) is 18.3 Å². The second-order valence-electron chi connectivity index (χ2n) is 6.93. The molecular weight excluding hydrogens is 357 g/mol. The fourth-order valence-corrected chi connectivity index (χ4v) is 3.81. The van der Waals surface area contributed by atoms with Crippen molar-refractivity contribution >= 4 is 45.7 Å². The summed E-state index contributed by atoms with van der Waals surface area (Å²) in [6.07, 6.45) is 3.06. The van der Waals surface area contributed by atoms with Gasteiger partial charge in [-0.25, -0.2) is 9.37 Å². The largest absolute Gasteiger partial charge is 0.310 e. The Morgan fingerprint density at radius 3 is 2.88 bits per heavy atom. The van der Waals surface area contributed by atoms with Gasteiger partial charge in [-0.05, 0) is 42.8 Å². The zero-order valence-corrected chi connectivity index (χ0v) is 15.1. The van der Waals surface area contributed by atoms with Gasteiger partial charge in [-0.2, -0.15) is 0 Å². The van der Waals surface area contributed by atoms with Gasteiger partial charge < -0.3 is 10.2 Å². The topological polar surface area (TPSA) is 62.3 Å². The molecule has 1 N–H and O–H groups in total. The van der Waals surface area contributed by atoms with Crippen molar-refractivity contribution in [1.82, 2.24) is 4.98 Å². The summed E-state index contributed by atoms with van der Waals surface area (Å²) in [5, 5.41) is 4.67. The van der Waals surface area contributed by atoms with Gasteiger partial charge in [0, 0.05) is 29.7 Å². The molecule has 1 saturated heterocycles. The second kappa shape index (κ2) is 6.50. The SMILES string of the molecule is CC[C@@H]1CCC(=O)N1c1cc(Cl)c2cnc(NC(=O)[C@@H]3C[C@@H]3F)cc2c1. The third kappa shape index (κ3) is 3.03. The van der Waals surface area contributed by atoms with Gasteiger partial charge in [-0.15, -0.1) is 0 Å². The van der Waals surface area contributed by atoms with Gasteiger partial charge in [-0.3, -0.25) is 9.59 Å². The summed E-state index contributed by atoms with van der Waals surface area (Å²) < 4.78 is 13.0. The predicted octanol–water partition coefficient (Wildman–Crippen LogP) is 4.09. The summed E-state index contributed by atoms with van der Waals surface area (Å²) in [4.78, 5) is 30.2. The molecule has 2 heterocycles. The molecule has 0 spiro atoms. The molecule has 1 aromatic carbocycles. The first-order chi connectivity index (χ1) is 12.5. The molecule has 136 valence electrons. The van der Waals surface area contributed by atoms with Crippen molar-refractivity contribution < 1.29 is 14.0 Å². The van der Waals surface area contributed by atoms with Crippen LogP contribution in [0.5, 0.6) is 0 Å². The lowest BCUT2D eigenvalue weighted by Crippen LogP contribution is -2.32. The van der Waals surface area contributed by atoms with E-state index in [0.29, 0.717) is 17.3 Å². The molecule has 5 nitrogen and oxygen atoms in total. The highest BCUT2D eigenvalue weighted by Crippen LogP contribution is 2.36. The van der Waals surface area contributed by atoms with E-state index in [1.165, 1.54) is 0 Å². The maximum Gasteiger partial charge on any atom is 0.231 e. The fraction of sp³-hybridized carbons (Fsp3) is 0.421. The number of nitrogens with one attached hydrogen (secondary N) is 1. The third-order valence-electron chi connectivity index (χ3n) is 5.15. The van der Waals surface area contributed by atoms with Gasteiger partial charge in [0.1, 0.15) is 12.0 Å². The molecule has 2 aliphatic rings. The first-order valence-corrected chi connectivity index (χ1v) is 9.22. The highest BCUT2D eigenvalue weighted by Gasteiger charge is 2.43. The Morgan fingerprint density at radius 1 is 1.42 bits per heavy atom. The Morgan fingerprint density at radius 2 is 2.19 bits per heavy atom. The molecular formula is C19H19ClFN3O2. The molecule has 0 unspecified atom stereocenters. The van der Waals surface area contributed by atoms with E-state index >= 15 is 0 Å². The number of pyridine rings is 1. The van der Waals surface area contributed by atoms with Crippen LogP contribution in [0, 0.1) is 5.92 Å². The Bertz CT molecular complexity index is 904. The number of nitrogens with zero attached hydrogens (tertiary/aromatic N) is 2. The maximum absolute atomic E-state index is 13.0. The lowest BCUT2D eigenvalue weighted by molar-refractivity contribution is -0.118. The number of carbonyl (C=O) groups is 2. The molecule has 1 aromatic heterocycles. The van der Waals surface area contributed by atoms with Gasteiger partial charge in [0.25, 0.3) is 0 Å². The van der Waals surface area contributed by atoms with Crippen LogP contribution in [-0.4, -0.2) is 29.0 Å². The average molecular weight is 376 g/mol. The maximum atomic E-state index is 13.0. The van der Waals surface area contributed by atoms with E-state index in [0.717, 1.165) is 29.3 Å². The van der Waals surface area contributed by atoms with E-state index < -0.39 is 12.1 Å². The number of benzene rings is 1. The number of hydrogen-bond donors (Lipinski definition) is 1. The normalized spacial score (nSPS) is 25.0. The minimum Gasteiger partial charge on any atom is -0.310 e. The number of rotatable bonds is 4. The van der Waals surface area contributed by atoms with Crippen LogP contribution in [0.3, 0.4) is 0 Å². The molecule has 1 saturated carbocycles. The molecule has 1 aliphatic carbocycles. The van der Waals surface area contributed by atoms with E-state index in [1.807, 2.05) is 11.0 Å². The number of alkyl halides is 1. The summed E-state index contributed by atoms with van der Waals surface area (Å²) in [6.45, 7) is 2.06. The molecule has 1 aliphatic heterocycles. The van der Waals surface area contributed by atoms with Crippen LogP contribution in [0.15, 0.2) is 24.4 Å². The number of fused-ring (bicyclic) bond motifs is 1. The smallest absolute Gasteiger partial charge is 0.231 e. The molecule has 3 atom stereocenters. The molecule has 2 amide bonds. The fourth-order valence-electron chi connectivity index (χ4n) is 3.54. The van der Waals surface area contributed by atoms with Crippen molar-refractivity contribution in [2.45, 2.75) is 44.8 Å². The van der Waals surface area contributed by atoms with Gasteiger partial charge in [0.05, 0.1) is 10.9 Å². The standard InChI is InChI=1S/C19H19ClFN3O2/c1-2-11-3-4-18(25)24(11)12-5-10-6-17(22-9-14(10)15(20)7-12)23-19(26)13-8-16(13)21/h5-7,9,11,13,16H,2-4,8H2,1H3,(H,22,23,26)/t11-,13-,16+/m1/s1. The minimum absolute atomic E-state index is 0.0950. The zero-order chi connectivity index (χ0) is 18.4. The van der Waals surface area contributed by atoms with Crippen LogP contribution in [0.25, 0.3) is 10.8 Å². The third-order valence-corrected chi connectivity index (χ3v) is 5.46. The Balaban J connectivity index is 1.68. The van der Waals surface area contributed by atoms with Crippen molar-refractivity contribution in [2.75, 3.05) is 10.2 Å². The molecule has 0 radical (unpaired) electrons. The van der Waals surface area contributed by atoms with E-state index in [4.69, 9.17) is 11.6 Å². The summed E-state index contributed by atoms with van der Waals surface area (Å²) >= 11 is 6.40. The van der Waals surface area contributed by atoms with Crippen molar-refractivity contribution in [3.05, 3.63) is 29.4 Å². The van der Waals surface area contributed by atoms with E-state index in [-0.39, 0.29) is 24.3 Å². The van der Waals surface area contributed by atoms with Crippen molar-refractivity contribution in [3.8, 4) is 0 Å². The second-order valence-corrected chi connectivity index (χ2v) is 7.34. The van der Waals surface area contributed by atoms with Crippen LogP contribution in [-0.2, 0) is 9.59 Å². The number of aromatic nitrogens is 1. The zero-order valence-electron chi connectivity index (χ0n) is 14.3. The Kier molecular flexibility index (Phi) is 4.31. The Hall–Kier alpha value is -2.21. The lowest BCUT2D eigenvalue weighted by atomic mass is 10.1. The summed E-state index contributed by atoms with van der Waals surface area (Å²) in [5.41, 5.74) is 0.756. The molecule has 26 heavy (non-hydrogen) atoms. The predicted molar refractivity (Wildman–Crippen MR) is 99.2 cm³/mol. The van der Waals surface area contributed by atoms with Crippen LogP contribution < -0.4 is 10.2 Å². The number of carbonyl (C=O) groups excluding carboxylic acids is 2. The highest BCUT2D eigenvalue weighted by molar-refractivity contribution is 6.36. The van der Waals surface area contributed by atoms with Gasteiger partial charge in [-0.1, -0.05) is 18.5 Å². The number of anilines is 2. The average Bonchev–Trinajstić information content (AvgIpc) is 3.22. The van der Waals surface area contributed by atoms with Crippen LogP contribution in [0.4, 0.5) is 15.9 Å². The van der Waals surface area contributed by atoms with Gasteiger partial charge in [0.2, 0.25) is 11.8 Å². The number of hydrogen-bond acceptors (Lipinski definition) is 3. The van der Waals surface area contributed by atoms with E-state index in [2.05, 4.69) is 17.2 Å². The quantitative estimate of drug-likeness (QED) is 0.875. The van der Waals surface area contributed by atoms with Crippen LogP contribution in [0.1, 0.15) is 32.6 Å². The van der Waals surface area contributed by atoms with Crippen molar-refractivity contribution in [3.63, 3.8) is 0 Å². The molecule has 0 bridgehead atoms. The van der Waals surface area contributed by atoms with Crippen LogP contribution >= 0.6 is 11.6 Å². The number of halogens is 2. The molecule has 7 heteroatoms. The number of amides is 2. The van der Waals surface area contributed by atoms with Crippen molar-refractivity contribution in [1.29, 1.82) is 0 Å². The Labute approximate surface area is 155 Å². The molecule has 4 rings (SSSR count). The molecule has 2 aromatic rings. The first-order valence-electron chi connectivity index (χ1n) is 8.84. The van der Waals surface area contributed by atoms with Crippen molar-refractivity contribution in [2.24, 2.45) is 5.92 Å². The van der Waals surface area contributed by atoms with Gasteiger partial charge in [0.15, 0.2) is 0 Å².